The fourth-order valence-electron chi connectivity index (χ4n) is 3.19. The molecule has 2 heterocycles. The van der Waals surface area contributed by atoms with Crippen molar-refractivity contribution in [2.75, 3.05) is 5.32 Å². The molecule has 8 nitrogen and oxygen atoms in total. The number of anilines is 1. The maximum absolute atomic E-state index is 11.7. The lowest BCUT2D eigenvalue weighted by Crippen LogP contribution is -2.11. The predicted molar refractivity (Wildman–Crippen MR) is 113 cm³/mol. The van der Waals surface area contributed by atoms with Gasteiger partial charge in [0.25, 0.3) is 11.6 Å². The number of nitro groups is 1. The highest BCUT2D eigenvalue weighted by molar-refractivity contribution is 5.71. The zero-order valence-electron chi connectivity index (χ0n) is 16.2. The normalized spacial score (nSPS) is 11.8. The Morgan fingerprint density at radius 3 is 2.53 bits per heavy atom. The van der Waals surface area contributed by atoms with E-state index in [1.54, 1.807) is 36.7 Å². The van der Waals surface area contributed by atoms with Crippen LogP contribution in [-0.4, -0.2) is 20.0 Å². The van der Waals surface area contributed by atoms with Crippen LogP contribution in [0.1, 0.15) is 24.9 Å². The molecule has 0 aliphatic rings. The third kappa shape index (κ3) is 4.02. The summed E-state index contributed by atoms with van der Waals surface area (Å²) in [6, 6.07) is 18.2. The van der Waals surface area contributed by atoms with Crippen molar-refractivity contribution in [3.63, 3.8) is 0 Å². The Morgan fingerprint density at radius 2 is 1.83 bits per heavy atom. The highest BCUT2D eigenvalue weighted by Gasteiger charge is 2.21. The number of nitrogens with zero attached hydrogens (tertiary/aromatic N) is 4. The molecule has 0 spiro atoms. The Hall–Kier alpha value is -4.07. The standard InChI is InChI=1S/C22H19N5O3/c1-2-18(15-6-4-3-5-7-15)24-19-9-8-17(14-20(19)27(28)29)22-25-21(26-30-22)16-10-12-23-13-11-16/h3-14,18,24H,2H2,1H3. The van der Waals surface area contributed by atoms with Crippen molar-refractivity contribution in [1.82, 2.24) is 15.1 Å². The van der Waals surface area contributed by atoms with Crippen molar-refractivity contribution in [3.05, 3.63) is 88.7 Å². The van der Waals surface area contributed by atoms with E-state index < -0.39 is 4.92 Å². The molecular weight excluding hydrogens is 382 g/mol. The van der Waals surface area contributed by atoms with Crippen LogP contribution in [0.3, 0.4) is 0 Å². The third-order valence-corrected chi connectivity index (χ3v) is 4.75. The predicted octanol–water partition coefficient (Wildman–Crippen LogP) is 5.27. The SMILES string of the molecule is CCC(Nc1ccc(-c2nc(-c3ccncc3)no2)cc1[N+](=O)[O-])c1ccccc1. The van der Waals surface area contributed by atoms with Gasteiger partial charge in [-0.15, -0.1) is 0 Å². The summed E-state index contributed by atoms with van der Waals surface area (Å²) in [5, 5.41) is 19.0. The van der Waals surface area contributed by atoms with E-state index in [1.165, 1.54) is 6.07 Å². The quantitative estimate of drug-likeness (QED) is 0.332. The number of aromatic nitrogens is 3. The Balaban J connectivity index is 1.64. The van der Waals surface area contributed by atoms with Gasteiger partial charge in [-0.05, 0) is 36.2 Å². The van der Waals surface area contributed by atoms with Gasteiger partial charge in [-0.25, -0.2) is 0 Å². The highest BCUT2D eigenvalue weighted by Crippen LogP contribution is 2.33. The number of hydrogen-bond acceptors (Lipinski definition) is 7. The summed E-state index contributed by atoms with van der Waals surface area (Å²) in [6.45, 7) is 2.03. The number of rotatable bonds is 7. The molecule has 0 saturated carbocycles. The van der Waals surface area contributed by atoms with Crippen molar-refractivity contribution >= 4 is 11.4 Å². The van der Waals surface area contributed by atoms with Gasteiger partial charge in [0.2, 0.25) is 5.82 Å². The zero-order chi connectivity index (χ0) is 20.9. The largest absolute Gasteiger partial charge is 0.373 e. The lowest BCUT2D eigenvalue weighted by molar-refractivity contribution is -0.383. The second kappa shape index (κ2) is 8.52. The monoisotopic (exact) mass is 401 g/mol. The summed E-state index contributed by atoms with van der Waals surface area (Å²) < 4.78 is 5.33. The van der Waals surface area contributed by atoms with Crippen LogP contribution in [0, 0.1) is 10.1 Å². The van der Waals surface area contributed by atoms with E-state index in [4.69, 9.17) is 4.52 Å². The Morgan fingerprint density at radius 1 is 1.07 bits per heavy atom. The molecule has 1 N–H and O–H groups in total. The number of pyridine rings is 1. The van der Waals surface area contributed by atoms with E-state index in [9.17, 15) is 10.1 Å². The summed E-state index contributed by atoms with van der Waals surface area (Å²) in [5.74, 6) is 0.610. The van der Waals surface area contributed by atoms with Gasteiger partial charge in [-0.1, -0.05) is 42.4 Å². The molecule has 4 rings (SSSR count). The molecule has 0 aliphatic carbocycles. The minimum atomic E-state index is -0.413. The van der Waals surface area contributed by atoms with Crippen LogP contribution in [0.5, 0.6) is 0 Å². The van der Waals surface area contributed by atoms with Crippen LogP contribution in [-0.2, 0) is 0 Å². The number of benzene rings is 2. The maximum atomic E-state index is 11.7. The first-order chi connectivity index (χ1) is 14.7. The lowest BCUT2D eigenvalue weighted by atomic mass is 10.0. The van der Waals surface area contributed by atoms with E-state index in [0.717, 1.165) is 17.5 Å². The molecule has 0 saturated heterocycles. The van der Waals surface area contributed by atoms with Crippen molar-refractivity contribution < 1.29 is 9.45 Å². The van der Waals surface area contributed by atoms with Crippen molar-refractivity contribution in [2.45, 2.75) is 19.4 Å². The smallest absolute Gasteiger partial charge is 0.293 e. The highest BCUT2D eigenvalue weighted by atomic mass is 16.6. The Kier molecular flexibility index (Phi) is 5.47. The average Bonchev–Trinajstić information content (AvgIpc) is 3.29. The maximum Gasteiger partial charge on any atom is 0.293 e. The molecular formula is C22H19N5O3. The molecule has 1 unspecified atom stereocenters. The van der Waals surface area contributed by atoms with E-state index in [1.807, 2.05) is 37.3 Å². The zero-order valence-corrected chi connectivity index (χ0v) is 16.2. The fourth-order valence-corrected chi connectivity index (χ4v) is 3.19. The van der Waals surface area contributed by atoms with Crippen LogP contribution in [0.15, 0.2) is 77.6 Å². The molecule has 0 bridgehead atoms. The summed E-state index contributed by atoms with van der Waals surface area (Å²) >= 11 is 0. The van der Waals surface area contributed by atoms with Gasteiger partial charge in [0, 0.05) is 29.6 Å². The fraction of sp³-hybridized carbons (Fsp3) is 0.136. The minimum Gasteiger partial charge on any atom is -0.373 e. The third-order valence-electron chi connectivity index (χ3n) is 4.75. The van der Waals surface area contributed by atoms with Crippen molar-refractivity contribution in [2.24, 2.45) is 0 Å². The number of nitro benzene ring substituents is 1. The van der Waals surface area contributed by atoms with Gasteiger partial charge in [0.15, 0.2) is 0 Å². The van der Waals surface area contributed by atoms with E-state index in [0.29, 0.717) is 17.1 Å². The summed E-state index contributed by atoms with van der Waals surface area (Å²) in [7, 11) is 0. The molecule has 0 amide bonds. The second-order valence-corrected chi connectivity index (χ2v) is 6.66. The molecule has 0 aliphatic heterocycles. The van der Waals surface area contributed by atoms with Crippen molar-refractivity contribution in [1.29, 1.82) is 0 Å². The molecule has 2 aromatic carbocycles. The van der Waals surface area contributed by atoms with Crippen LogP contribution in [0.4, 0.5) is 11.4 Å². The lowest BCUT2D eigenvalue weighted by Gasteiger charge is -2.18. The van der Waals surface area contributed by atoms with Gasteiger partial charge in [0.05, 0.1) is 11.0 Å². The minimum absolute atomic E-state index is 0.0440. The van der Waals surface area contributed by atoms with Gasteiger partial charge < -0.3 is 9.84 Å². The van der Waals surface area contributed by atoms with E-state index >= 15 is 0 Å². The Bertz CT molecular complexity index is 1150. The molecule has 0 fully saturated rings. The summed E-state index contributed by atoms with van der Waals surface area (Å²) in [4.78, 5) is 19.6. The molecule has 0 radical (unpaired) electrons. The summed E-state index contributed by atoms with van der Waals surface area (Å²) in [5.41, 5.74) is 2.69. The first-order valence-electron chi connectivity index (χ1n) is 9.50. The molecule has 8 heteroatoms. The number of hydrogen-bond donors (Lipinski definition) is 1. The van der Waals surface area contributed by atoms with E-state index in [-0.39, 0.29) is 17.6 Å². The first-order valence-corrected chi connectivity index (χ1v) is 9.50. The van der Waals surface area contributed by atoms with Gasteiger partial charge in [-0.3, -0.25) is 15.1 Å². The van der Waals surface area contributed by atoms with E-state index in [2.05, 4.69) is 20.4 Å². The Labute approximate surface area is 172 Å². The topological polar surface area (TPSA) is 107 Å². The summed E-state index contributed by atoms with van der Waals surface area (Å²) in [6.07, 6.45) is 4.04. The van der Waals surface area contributed by atoms with Gasteiger partial charge >= 0.3 is 0 Å². The molecule has 30 heavy (non-hydrogen) atoms. The number of nitrogens with one attached hydrogen (secondary N) is 1. The van der Waals surface area contributed by atoms with Crippen LogP contribution < -0.4 is 5.32 Å². The molecule has 4 aromatic rings. The molecule has 1 atom stereocenters. The van der Waals surface area contributed by atoms with Gasteiger partial charge in [0.1, 0.15) is 5.69 Å². The molecule has 2 aromatic heterocycles. The average molecular weight is 401 g/mol. The second-order valence-electron chi connectivity index (χ2n) is 6.66. The first kappa shape index (κ1) is 19.3. The van der Waals surface area contributed by atoms with Crippen LogP contribution in [0.25, 0.3) is 22.8 Å². The molecule has 150 valence electrons. The van der Waals surface area contributed by atoms with Crippen LogP contribution in [0.2, 0.25) is 0 Å². The van der Waals surface area contributed by atoms with Crippen LogP contribution >= 0.6 is 0 Å². The van der Waals surface area contributed by atoms with Crippen molar-refractivity contribution in [3.8, 4) is 22.8 Å². The van der Waals surface area contributed by atoms with Gasteiger partial charge in [-0.2, -0.15) is 4.98 Å².